The number of aliphatic carboxylic acids is 1. The van der Waals surface area contributed by atoms with Gasteiger partial charge in [0.2, 0.25) is 5.91 Å². The molecule has 7 nitrogen and oxygen atoms in total. The fourth-order valence-electron chi connectivity index (χ4n) is 4.52. The summed E-state index contributed by atoms with van der Waals surface area (Å²) in [6, 6.07) is 13.4. The van der Waals surface area contributed by atoms with Gasteiger partial charge < -0.3 is 15.3 Å². The van der Waals surface area contributed by atoms with Gasteiger partial charge >= 0.3 is 5.97 Å². The van der Waals surface area contributed by atoms with Gasteiger partial charge in [0, 0.05) is 19.5 Å². The normalized spacial score (nSPS) is 17.8. The number of carboxylic acids is 1. The second-order valence-corrected chi connectivity index (χ2v) is 9.98. The maximum atomic E-state index is 12.6. The van der Waals surface area contributed by atoms with Crippen molar-refractivity contribution >= 4 is 41.0 Å². The van der Waals surface area contributed by atoms with Crippen LogP contribution < -0.4 is 5.32 Å². The summed E-state index contributed by atoms with van der Waals surface area (Å²) in [5.41, 5.74) is 1.16. The maximum Gasteiger partial charge on any atom is 0.326 e. The summed E-state index contributed by atoms with van der Waals surface area (Å²) in [5, 5.41) is 21.7. The number of carboxylic acid groups (broad SMARTS) is 1. The zero-order chi connectivity index (χ0) is 25.2. The lowest BCUT2D eigenvalue weighted by atomic mass is 9.88. The predicted octanol–water partition coefficient (Wildman–Crippen LogP) is 4.43. The first-order chi connectivity index (χ1) is 16.7. The zero-order valence-electron chi connectivity index (χ0n) is 19.0. The van der Waals surface area contributed by atoms with Crippen LogP contribution >= 0.6 is 23.2 Å². The van der Waals surface area contributed by atoms with E-state index in [2.05, 4.69) is 11.4 Å². The number of halogens is 2. The van der Waals surface area contributed by atoms with Crippen LogP contribution in [0.1, 0.15) is 53.1 Å². The molecular weight excluding hydrogens is 489 g/mol. The van der Waals surface area contributed by atoms with Crippen LogP contribution in [0.5, 0.6) is 0 Å². The Hall–Kier alpha value is -3.08. The molecule has 0 spiro atoms. The molecule has 35 heavy (non-hydrogen) atoms. The summed E-state index contributed by atoms with van der Waals surface area (Å²) >= 11 is 12.1. The number of rotatable bonds is 7. The van der Waals surface area contributed by atoms with Gasteiger partial charge in [0.25, 0.3) is 5.91 Å². The van der Waals surface area contributed by atoms with E-state index < -0.39 is 23.3 Å². The van der Waals surface area contributed by atoms with Crippen molar-refractivity contribution in [3.05, 3.63) is 69.2 Å². The van der Waals surface area contributed by atoms with Crippen molar-refractivity contribution in [3.8, 4) is 6.07 Å². The summed E-state index contributed by atoms with van der Waals surface area (Å²) in [5.74, 6) is -1.54. The topological polar surface area (TPSA) is 111 Å². The Morgan fingerprint density at radius 3 is 2.20 bits per heavy atom. The largest absolute Gasteiger partial charge is 0.480 e. The molecule has 1 aliphatic heterocycles. The molecule has 0 radical (unpaired) electrons. The van der Waals surface area contributed by atoms with Crippen LogP contribution in [0.2, 0.25) is 10.0 Å². The molecule has 1 aliphatic carbocycles. The fourth-order valence-corrected chi connectivity index (χ4v) is 5.09. The number of amides is 2. The van der Waals surface area contributed by atoms with Crippen LogP contribution in [0.3, 0.4) is 0 Å². The van der Waals surface area contributed by atoms with E-state index in [1.807, 2.05) is 29.2 Å². The highest BCUT2D eigenvalue weighted by Crippen LogP contribution is 2.47. The highest BCUT2D eigenvalue weighted by atomic mass is 35.5. The molecule has 182 valence electrons. The second kappa shape index (κ2) is 10.3. The lowest BCUT2D eigenvalue weighted by molar-refractivity contribution is -0.139. The van der Waals surface area contributed by atoms with Gasteiger partial charge in [-0.25, -0.2) is 4.79 Å². The van der Waals surface area contributed by atoms with Crippen LogP contribution in [0.4, 0.5) is 0 Å². The highest BCUT2D eigenvalue weighted by Gasteiger charge is 2.52. The van der Waals surface area contributed by atoms with Gasteiger partial charge in [0.15, 0.2) is 0 Å². The number of carbonyl (C=O) groups is 3. The first kappa shape index (κ1) is 25.0. The number of likely N-dealkylation sites (tertiary alicyclic amines) is 1. The molecule has 2 aromatic carbocycles. The number of nitrogens with one attached hydrogen (secondary N) is 1. The Morgan fingerprint density at radius 2 is 1.69 bits per heavy atom. The molecular formula is C26H25Cl2N3O4. The van der Waals surface area contributed by atoms with Crippen molar-refractivity contribution < 1.29 is 19.5 Å². The van der Waals surface area contributed by atoms with Crippen molar-refractivity contribution in [2.45, 2.75) is 44.1 Å². The van der Waals surface area contributed by atoms with Gasteiger partial charge in [0.1, 0.15) is 11.5 Å². The van der Waals surface area contributed by atoms with Crippen molar-refractivity contribution in [3.63, 3.8) is 0 Å². The Labute approximate surface area is 213 Å². The molecule has 2 fully saturated rings. The molecule has 9 heteroatoms. The number of benzene rings is 2. The molecule has 0 aromatic heterocycles. The van der Waals surface area contributed by atoms with E-state index in [0.29, 0.717) is 31.8 Å². The fraction of sp³-hybridized carbons (Fsp3) is 0.385. The van der Waals surface area contributed by atoms with Crippen LogP contribution in [-0.4, -0.2) is 46.9 Å². The molecule has 1 atom stereocenters. The Morgan fingerprint density at radius 1 is 1.09 bits per heavy atom. The van der Waals surface area contributed by atoms with Gasteiger partial charge in [-0.15, -0.1) is 0 Å². The number of carbonyl (C=O) groups excluding carboxylic acids is 2. The predicted molar refractivity (Wildman–Crippen MR) is 131 cm³/mol. The Balaban J connectivity index is 1.36. The standard InChI is InChI=1S/C26H25Cl2N3O4/c27-19-2-1-3-20(28)22(19)23(32)30-21(24(33)34)14-16-4-6-17(7-5-16)18-8-12-31(13-9-18)25(35)26(15-29)10-11-26/h1-7,18,21H,8-14H2,(H,30,32)(H,33,34)/t21-/m0/s1. The monoisotopic (exact) mass is 513 g/mol. The summed E-state index contributed by atoms with van der Waals surface area (Å²) < 4.78 is 0. The maximum absolute atomic E-state index is 12.6. The molecule has 0 unspecified atom stereocenters. The van der Waals surface area contributed by atoms with Gasteiger partial charge in [-0.2, -0.15) is 5.26 Å². The van der Waals surface area contributed by atoms with E-state index in [1.54, 1.807) is 6.07 Å². The summed E-state index contributed by atoms with van der Waals surface area (Å²) in [6.07, 6.45) is 3.06. The Bertz CT molecular complexity index is 1160. The number of nitrogens with zero attached hydrogens (tertiary/aromatic N) is 2. The number of nitriles is 1. The Kier molecular flexibility index (Phi) is 7.34. The van der Waals surface area contributed by atoms with Gasteiger partial charge in [-0.05, 0) is 54.9 Å². The van der Waals surface area contributed by atoms with Crippen LogP contribution in [0.25, 0.3) is 0 Å². The third-order valence-electron chi connectivity index (χ3n) is 6.84. The van der Waals surface area contributed by atoms with Gasteiger partial charge in [0.05, 0.1) is 21.7 Å². The summed E-state index contributed by atoms with van der Waals surface area (Å²) in [7, 11) is 0. The van der Waals surface area contributed by atoms with Crippen molar-refractivity contribution in [2.75, 3.05) is 13.1 Å². The minimum Gasteiger partial charge on any atom is -0.480 e. The van der Waals surface area contributed by atoms with Gasteiger partial charge in [-0.1, -0.05) is 53.5 Å². The quantitative estimate of drug-likeness (QED) is 0.568. The lowest BCUT2D eigenvalue weighted by Crippen LogP contribution is -2.42. The summed E-state index contributed by atoms with van der Waals surface area (Å²) in [4.78, 5) is 38.8. The van der Waals surface area contributed by atoms with Crippen molar-refractivity contribution in [1.82, 2.24) is 10.2 Å². The van der Waals surface area contributed by atoms with E-state index in [0.717, 1.165) is 24.0 Å². The molecule has 1 heterocycles. The number of hydrogen-bond acceptors (Lipinski definition) is 4. The lowest BCUT2D eigenvalue weighted by Gasteiger charge is -2.33. The molecule has 4 rings (SSSR count). The molecule has 2 aliphatic rings. The smallest absolute Gasteiger partial charge is 0.326 e. The molecule has 0 bridgehead atoms. The number of piperidine rings is 1. The van der Waals surface area contributed by atoms with Gasteiger partial charge in [-0.3, -0.25) is 9.59 Å². The van der Waals surface area contributed by atoms with E-state index in [-0.39, 0.29) is 27.9 Å². The number of hydrogen-bond donors (Lipinski definition) is 2. The first-order valence-corrected chi connectivity index (χ1v) is 12.3. The van der Waals surface area contributed by atoms with E-state index in [1.165, 1.54) is 12.1 Å². The second-order valence-electron chi connectivity index (χ2n) is 9.17. The van der Waals surface area contributed by atoms with Crippen molar-refractivity contribution in [2.24, 2.45) is 5.41 Å². The molecule has 2 N–H and O–H groups in total. The summed E-state index contributed by atoms with van der Waals surface area (Å²) in [6.45, 7) is 1.26. The molecule has 1 saturated heterocycles. The van der Waals surface area contributed by atoms with Crippen molar-refractivity contribution in [1.29, 1.82) is 5.26 Å². The highest BCUT2D eigenvalue weighted by molar-refractivity contribution is 6.39. The van der Waals surface area contributed by atoms with Crippen LogP contribution in [0, 0.1) is 16.7 Å². The molecule has 2 aromatic rings. The van der Waals surface area contributed by atoms with Crippen LogP contribution in [0.15, 0.2) is 42.5 Å². The van der Waals surface area contributed by atoms with E-state index >= 15 is 0 Å². The third-order valence-corrected chi connectivity index (χ3v) is 7.47. The minimum absolute atomic E-state index is 0.0337. The molecule has 1 saturated carbocycles. The van der Waals surface area contributed by atoms with Crippen LogP contribution in [-0.2, 0) is 16.0 Å². The SMILES string of the molecule is N#CC1(C(=O)N2CCC(c3ccc(C[C@H](NC(=O)c4c(Cl)cccc4Cl)C(=O)O)cc3)CC2)CC1. The minimum atomic E-state index is -1.16. The van der Waals surface area contributed by atoms with E-state index in [9.17, 15) is 24.8 Å². The molecule has 2 amide bonds. The average Bonchev–Trinajstić information content (AvgIpc) is 3.65. The third kappa shape index (κ3) is 5.44. The van der Waals surface area contributed by atoms with E-state index in [4.69, 9.17) is 23.2 Å². The first-order valence-electron chi connectivity index (χ1n) is 11.5. The zero-order valence-corrected chi connectivity index (χ0v) is 20.5. The average molecular weight is 514 g/mol.